The molecule has 0 bridgehead atoms. The zero-order chi connectivity index (χ0) is 11.5. The summed E-state index contributed by atoms with van der Waals surface area (Å²) in [6, 6.07) is 0. The van der Waals surface area contributed by atoms with Crippen molar-refractivity contribution in [1.29, 1.82) is 0 Å². The van der Waals surface area contributed by atoms with Crippen LogP contribution < -0.4 is 11.3 Å². The third kappa shape index (κ3) is 1.91. The Morgan fingerprint density at radius 3 is 3.06 bits per heavy atom. The Hall–Kier alpha value is -1.47. The molecule has 0 radical (unpaired) electrons. The van der Waals surface area contributed by atoms with Crippen LogP contribution in [0.25, 0.3) is 5.82 Å². The van der Waals surface area contributed by atoms with Crippen LogP contribution in [0.5, 0.6) is 0 Å². The van der Waals surface area contributed by atoms with Gasteiger partial charge in [-0.15, -0.1) is 0 Å². The van der Waals surface area contributed by atoms with Crippen molar-refractivity contribution < 1.29 is 0 Å². The van der Waals surface area contributed by atoms with Crippen LogP contribution >= 0.6 is 15.9 Å². The topological polar surface area (TPSA) is 89.6 Å². The molecule has 0 aliphatic carbocycles. The van der Waals surface area contributed by atoms with E-state index >= 15 is 0 Å². The molecule has 0 unspecified atom stereocenters. The normalized spacial score (nSPS) is 10.6. The van der Waals surface area contributed by atoms with Gasteiger partial charge in [0.25, 0.3) is 5.56 Å². The third-order valence-electron chi connectivity index (χ3n) is 2.09. The molecule has 2 aromatic heterocycles. The Morgan fingerprint density at radius 1 is 1.50 bits per heavy atom. The van der Waals surface area contributed by atoms with Crippen molar-refractivity contribution in [3.05, 3.63) is 39.4 Å². The van der Waals surface area contributed by atoms with Crippen LogP contribution in [-0.2, 0) is 6.42 Å². The summed E-state index contributed by atoms with van der Waals surface area (Å²) in [6.45, 7) is 0.498. The number of nitrogens with two attached hydrogens (primary N) is 1. The van der Waals surface area contributed by atoms with Crippen LogP contribution in [0.4, 0.5) is 0 Å². The summed E-state index contributed by atoms with van der Waals surface area (Å²) < 4.78 is 2.12. The summed E-state index contributed by atoms with van der Waals surface area (Å²) >= 11 is 3.20. The fourth-order valence-electron chi connectivity index (χ4n) is 1.38. The van der Waals surface area contributed by atoms with E-state index in [0.29, 0.717) is 23.3 Å². The van der Waals surface area contributed by atoms with E-state index in [1.165, 1.54) is 6.33 Å². The van der Waals surface area contributed by atoms with Gasteiger partial charge in [-0.2, -0.15) is 0 Å². The molecule has 0 amide bonds. The van der Waals surface area contributed by atoms with E-state index in [-0.39, 0.29) is 5.56 Å². The van der Waals surface area contributed by atoms with Crippen molar-refractivity contribution >= 4 is 15.9 Å². The van der Waals surface area contributed by atoms with Crippen molar-refractivity contribution in [2.75, 3.05) is 6.54 Å². The maximum Gasteiger partial charge on any atom is 0.267 e. The number of nitrogens with one attached hydrogen (secondary N) is 1. The molecule has 0 saturated heterocycles. The second-order valence-electron chi connectivity index (χ2n) is 3.12. The highest BCUT2D eigenvalue weighted by atomic mass is 79.9. The molecule has 0 saturated carbocycles. The Kier molecular flexibility index (Phi) is 3.16. The highest BCUT2D eigenvalue weighted by molar-refractivity contribution is 9.10. The summed E-state index contributed by atoms with van der Waals surface area (Å²) in [6.07, 6.45) is 5.39. The smallest absolute Gasteiger partial charge is 0.267 e. The first-order valence-corrected chi connectivity index (χ1v) is 5.49. The zero-order valence-corrected chi connectivity index (χ0v) is 9.94. The number of imidazole rings is 1. The number of aromatic amines is 1. The number of halogens is 1. The zero-order valence-electron chi connectivity index (χ0n) is 8.35. The van der Waals surface area contributed by atoms with Crippen LogP contribution in [0.15, 0.2) is 28.0 Å². The first-order valence-electron chi connectivity index (χ1n) is 4.70. The lowest BCUT2D eigenvalue weighted by atomic mass is 10.4. The Morgan fingerprint density at radius 2 is 2.31 bits per heavy atom. The van der Waals surface area contributed by atoms with Gasteiger partial charge in [-0.1, -0.05) is 0 Å². The fourth-order valence-corrected chi connectivity index (χ4v) is 1.79. The predicted molar refractivity (Wildman–Crippen MR) is 62.4 cm³/mol. The van der Waals surface area contributed by atoms with Gasteiger partial charge in [0.15, 0.2) is 5.82 Å². The molecular weight excluding hydrogens is 274 g/mol. The molecule has 2 rings (SSSR count). The second-order valence-corrected chi connectivity index (χ2v) is 3.91. The lowest BCUT2D eigenvalue weighted by Gasteiger charge is -2.06. The molecule has 16 heavy (non-hydrogen) atoms. The second kappa shape index (κ2) is 4.58. The summed E-state index contributed by atoms with van der Waals surface area (Å²) in [7, 11) is 0. The fraction of sp³-hybridized carbons (Fsp3) is 0.222. The van der Waals surface area contributed by atoms with Crippen molar-refractivity contribution in [2.45, 2.75) is 6.42 Å². The maximum atomic E-state index is 11.4. The predicted octanol–water partition coefficient (Wildman–Crippen LogP) is 0.219. The summed E-state index contributed by atoms with van der Waals surface area (Å²) in [5.74, 6) is 1.30. The van der Waals surface area contributed by atoms with Crippen molar-refractivity contribution in [3.8, 4) is 5.82 Å². The molecule has 0 atom stereocenters. The van der Waals surface area contributed by atoms with E-state index in [0.717, 1.165) is 5.82 Å². The molecule has 0 aromatic carbocycles. The summed E-state index contributed by atoms with van der Waals surface area (Å²) in [4.78, 5) is 22.2. The van der Waals surface area contributed by atoms with Gasteiger partial charge in [0.05, 0.1) is 6.33 Å². The number of aromatic nitrogens is 4. The highest BCUT2D eigenvalue weighted by Crippen LogP contribution is 2.15. The molecule has 2 aromatic rings. The Labute approximate surface area is 99.7 Å². The molecule has 3 N–H and O–H groups in total. The number of hydrogen-bond acceptors (Lipinski definition) is 4. The number of rotatable bonds is 3. The number of nitrogens with zero attached hydrogens (tertiary/aromatic N) is 3. The lowest BCUT2D eigenvalue weighted by Crippen LogP contribution is -2.15. The molecule has 0 spiro atoms. The minimum Gasteiger partial charge on any atom is -0.330 e. The molecular formula is C9H10BrN5O. The van der Waals surface area contributed by atoms with Crippen LogP contribution in [0.3, 0.4) is 0 Å². The van der Waals surface area contributed by atoms with Gasteiger partial charge in [-0.05, 0) is 22.5 Å². The van der Waals surface area contributed by atoms with E-state index in [1.807, 2.05) is 0 Å². The largest absolute Gasteiger partial charge is 0.330 e. The average molecular weight is 284 g/mol. The lowest BCUT2D eigenvalue weighted by molar-refractivity contribution is 0.814. The SMILES string of the molecule is NCCc1nccn1-c1nc[nH]c(=O)c1Br. The molecule has 6 nitrogen and oxygen atoms in total. The van der Waals surface area contributed by atoms with Gasteiger partial charge in [0.2, 0.25) is 0 Å². The highest BCUT2D eigenvalue weighted by Gasteiger charge is 2.10. The van der Waals surface area contributed by atoms with Crippen LogP contribution in [0, 0.1) is 0 Å². The van der Waals surface area contributed by atoms with Crippen LogP contribution in [0.1, 0.15) is 5.82 Å². The molecule has 0 fully saturated rings. The minimum atomic E-state index is -0.225. The molecule has 84 valence electrons. The van der Waals surface area contributed by atoms with Gasteiger partial charge in [-0.3, -0.25) is 9.36 Å². The molecule has 0 aliphatic rings. The van der Waals surface area contributed by atoms with Crippen LogP contribution in [0.2, 0.25) is 0 Å². The minimum absolute atomic E-state index is 0.225. The van der Waals surface area contributed by atoms with Gasteiger partial charge in [-0.25, -0.2) is 9.97 Å². The monoisotopic (exact) mass is 283 g/mol. The first-order chi connectivity index (χ1) is 7.74. The van der Waals surface area contributed by atoms with Crippen molar-refractivity contribution in [1.82, 2.24) is 19.5 Å². The van der Waals surface area contributed by atoms with E-state index in [2.05, 4.69) is 30.9 Å². The Balaban J connectivity index is 2.54. The summed E-state index contributed by atoms with van der Waals surface area (Å²) in [5.41, 5.74) is 5.26. The van der Waals surface area contributed by atoms with Crippen molar-refractivity contribution in [3.63, 3.8) is 0 Å². The number of H-pyrrole nitrogens is 1. The van der Waals surface area contributed by atoms with E-state index in [4.69, 9.17) is 5.73 Å². The van der Waals surface area contributed by atoms with Crippen LogP contribution in [-0.4, -0.2) is 26.1 Å². The molecule has 7 heteroatoms. The van der Waals surface area contributed by atoms with Gasteiger partial charge in [0.1, 0.15) is 10.3 Å². The van der Waals surface area contributed by atoms with E-state index in [9.17, 15) is 4.79 Å². The number of hydrogen-bond donors (Lipinski definition) is 2. The maximum absolute atomic E-state index is 11.4. The van der Waals surface area contributed by atoms with Gasteiger partial charge >= 0.3 is 0 Å². The van der Waals surface area contributed by atoms with E-state index < -0.39 is 0 Å². The summed E-state index contributed by atoms with van der Waals surface area (Å²) in [5, 5.41) is 0. The molecule has 0 aliphatic heterocycles. The standard InChI is InChI=1S/C9H10BrN5O/c10-7-8(13-5-14-9(7)16)15-4-3-12-6(15)1-2-11/h3-5H,1-2,11H2,(H,13,14,16). The Bertz CT molecular complexity index is 547. The van der Waals surface area contributed by atoms with Gasteiger partial charge in [0, 0.05) is 18.8 Å². The first kappa shape index (κ1) is 11.0. The third-order valence-corrected chi connectivity index (χ3v) is 2.81. The van der Waals surface area contributed by atoms with E-state index in [1.54, 1.807) is 17.0 Å². The quantitative estimate of drug-likeness (QED) is 0.843. The van der Waals surface area contributed by atoms with Gasteiger partial charge < -0.3 is 10.7 Å². The average Bonchev–Trinajstić information content (AvgIpc) is 2.71. The van der Waals surface area contributed by atoms with Crippen molar-refractivity contribution in [2.24, 2.45) is 5.73 Å². The molecule has 2 heterocycles.